The number of amides is 2. The number of aliphatic hydroxyl groups is 1. The number of aliphatic hydroxyl groups excluding tert-OH is 1. The normalized spacial score (nSPS) is 22.1. The maximum absolute atomic E-state index is 12.5. The van der Waals surface area contributed by atoms with Gasteiger partial charge in [0.15, 0.2) is 12.6 Å². The van der Waals surface area contributed by atoms with E-state index in [1.54, 1.807) is 4.90 Å². The fourth-order valence-electron chi connectivity index (χ4n) is 4.57. The van der Waals surface area contributed by atoms with Crippen molar-refractivity contribution in [1.82, 2.24) is 9.80 Å². The second-order valence-corrected chi connectivity index (χ2v) is 15.3. The summed E-state index contributed by atoms with van der Waals surface area (Å²) in [5.41, 5.74) is 1.09. The van der Waals surface area contributed by atoms with Gasteiger partial charge >= 0.3 is 26.7 Å². The Kier molecular flexibility index (Phi) is 12.5. The summed E-state index contributed by atoms with van der Waals surface area (Å²) in [5, 5.41) is 9.90. The Hall–Kier alpha value is -2.65. The molecule has 11 heteroatoms. The number of hydrogen-bond donors (Lipinski definition) is 1. The predicted molar refractivity (Wildman–Crippen MR) is 164 cm³/mol. The highest BCUT2D eigenvalue weighted by Crippen LogP contribution is 2.26. The van der Waals surface area contributed by atoms with E-state index in [0.717, 1.165) is 11.1 Å². The van der Waals surface area contributed by atoms with E-state index in [0.29, 0.717) is 12.8 Å². The van der Waals surface area contributed by atoms with Gasteiger partial charge in [-0.1, -0.05) is 72.2 Å². The number of benzene rings is 2. The number of nitrogens with zero attached hydrogens (tertiary/aromatic N) is 2. The molecule has 2 amide bonds. The van der Waals surface area contributed by atoms with Crippen molar-refractivity contribution in [2.75, 3.05) is 13.5 Å². The van der Waals surface area contributed by atoms with Crippen LogP contribution in [-0.2, 0) is 35.6 Å². The minimum Gasteiger partial charge on any atom is -0.476 e. The average molecular weight is 615 g/mol. The van der Waals surface area contributed by atoms with Crippen LogP contribution in [0.1, 0.15) is 52.7 Å². The summed E-state index contributed by atoms with van der Waals surface area (Å²) in [6, 6.07) is 19.2. The Morgan fingerprint density at radius 3 is 1.63 bits per heavy atom. The van der Waals surface area contributed by atoms with Crippen LogP contribution in [0, 0.1) is 0 Å². The second kappa shape index (κ2) is 15.4. The maximum Gasteiger partial charge on any atom is 0.456 e. The van der Waals surface area contributed by atoms with Crippen molar-refractivity contribution in [1.29, 1.82) is 0 Å². The highest BCUT2D eigenvalue weighted by atomic mass is 27.2. The van der Waals surface area contributed by atoms with Crippen molar-refractivity contribution in [2.45, 2.75) is 102 Å². The van der Waals surface area contributed by atoms with Crippen molar-refractivity contribution in [3.05, 3.63) is 71.8 Å². The molecule has 0 saturated carbocycles. The highest BCUT2D eigenvalue weighted by molar-refractivity contribution is 6.48. The molecule has 4 atom stereocenters. The predicted octanol–water partition coefficient (Wildman–Crippen LogP) is 5.56. The van der Waals surface area contributed by atoms with Crippen LogP contribution < -0.4 is 0 Å². The molecule has 2 aromatic carbocycles. The molecular formula is C32H47AlN2O8. The molecule has 0 aromatic heterocycles. The van der Waals surface area contributed by atoms with E-state index in [1.165, 1.54) is 4.90 Å². The molecule has 2 saturated heterocycles. The zero-order valence-corrected chi connectivity index (χ0v) is 27.8. The summed E-state index contributed by atoms with van der Waals surface area (Å²) in [4.78, 5) is 27.7. The Balaban J connectivity index is 0.000000238. The van der Waals surface area contributed by atoms with Crippen molar-refractivity contribution < 1.29 is 37.4 Å². The molecule has 0 bridgehead atoms. The van der Waals surface area contributed by atoms with Crippen LogP contribution in [0.25, 0.3) is 0 Å². The molecule has 2 aliphatic heterocycles. The molecular weight excluding hydrogens is 567 g/mol. The summed E-state index contributed by atoms with van der Waals surface area (Å²) in [5.74, 6) is 4.19. The van der Waals surface area contributed by atoms with Crippen LogP contribution in [0.2, 0.25) is 11.6 Å². The van der Waals surface area contributed by atoms with Gasteiger partial charge in [0.2, 0.25) is 0 Å². The topological polar surface area (TPSA) is 107 Å². The smallest absolute Gasteiger partial charge is 0.456 e. The SMILES string of the molecule is CC(C)(C)OC(=O)N1COC(O)[C@@H]1Cc1ccccc1.[CH3][Al]([CH3])[O]C1OCN(C(=O)OC(C)(C)C)[C@H]1Cc1ccccc1. The standard InChI is InChI=1S/C15H21NO4.C15H20NO4.2CH3.Al/c2*1-15(2,3)20-14(18)16-10-19-13(17)12(16)9-11-7-5-4-6-8-11;;;/h4-8,12-13,17H,9-10H2,1-3H3;4-8,12-13H,9-10H2,1-3H3;2*1H3;/q;-1;;;+1/t2*12-,13?;;;/m00.../s1. The lowest BCUT2D eigenvalue weighted by Crippen LogP contribution is -2.45. The van der Waals surface area contributed by atoms with Gasteiger partial charge in [-0.05, 0) is 65.5 Å². The largest absolute Gasteiger partial charge is 0.476 e. The van der Waals surface area contributed by atoms with Crippen molar-refractivity contribution in [3.63, 3.8) is 0 Å². The van der Waals surface area contributed by atoms with Crippen LogP contribution >= 0.6 is 0 Å². The monoisotopic (exact) mass is 614 g/mol. The van der Waals surface area contributed by atoms with Crippen LogP contribution in [-0.4, -0.2) is 90.9 Å². The zero-order chi connectivity index (χ0) is 31.8. The van der Waals surface area contributed by atoms with Gasteiger partial charge in [0.1, 0.15) is 24.7 Å². The molecule has 236 valence electrons. The Bertz CT molecular complexity index is 1150. The summed E-state index contributed by atoms with van der Waals surface area (Å²) < 4.78 is 27.7. The van der Waals surface area contributed by atoms with E-state index < -0.39 is 44.1 Å². The molecule has 2 heterocycles. The lowest BCUT2D eigenvalue weighted by Gasteiger charge is -2.29. The Labute approximate surface area is 260 Å². The van der Waals surface area contributed by atoms with Gasteiger partial charge in [0.25, 0.3) is 0 Å². The maximum atomic E-state index is 12.5. The Morgan fingerprint density at radius 2 is 1.19 bits per heavy atom. The first-order valence-electron chi connectivity index (χ1n) is 14.8. The molecule has 43 heavy (non-hydrogen) atoms. The zero-order valence-electron chi connectivity index (χ0n) is 26.7. The van der Waals surface area contributed by atoms with Gasteiger partial charge in [0, 0.05) is 0 Å². The van der Waals surface area contributed by atoms with Crippen LogP contribution in [0.15, 0.2) is 60.7 Å². The summed E-state index contributed by atoms with van der Waals surface area (Å²) in [6.07, 6.45) is -0.963. The molecule has 4 rings (SSSR count). The van der Waals surface area contributed by atoms with Crippen LogP contribution in [0.3, 0.4) is 0 Å². The summed E-state index contributed by atoms with van der Waals surface area (Å²) >= 11 is -1.27. The van der Waals surface area contributed by atoms with Gasteiger partial charge in [-0.3, -0.25) is 9.80 Å². The molecule has 2 unspecified atom stereocenters. The molecule has 2 fully saturated rings. The fourth-order valence-corrected chi connectivity index (χ4v) is 5.37. The fraction of sp³-hybridized carbons (Fsp3) is 0.562. The molecule has 2 aromatic rings. The molecule has 0 radical (unpaired) electrons. The highest BCUT2D eigenvalue weighted by Gasteiger charge is 2.41. The molecule has 2 aliphatic rings. The first-order valence-corrected chi connectivity index (χ1v) is 17.5. The van der Waals surface area contributed by atoms with Crippen molar-refractivity contribution in [3.8, 4) is 0 Å². The average Bonchev–Trinajstić information content (AvgIpc) is 3.46. The van der Waals surface area contributed by atoms with E-state index in [2.05, 4.69) is 23.7 Å². The van der Waals surface area contributed by atoms with E-state index >= 15 is 0 Å². The van der Waals surface area contributed by atoms with Crippen molar-refractivity contribution in [2.24, 2.45) is 0 Å². The molecule has 10 nitrogen and oxygen atoms in total. The lowest BCUT2D eigenvalue weighted by molar-refractivity contribution is -0.0671. The van der Waals surface area contributed by atoms with Gasteiger partial charge < -0.3 is 27.8 Å². The van der Waals surface area contributed by atoms with Crippen molar-refractivity contribution >= 4 is 26.7 Å². The molecule has 0 aliphatic carbocycles. The third-order valence-electron chi connectivity index (χ3n) is 6.44. The third-order valence-corrected chi connectivity index (χ3v) is 7.26. The molecule has 1 N–H and O–H groups in total. The Morgan fingerprint density at radius 1 is 0.767 bits per heavy atom. The summed E-state index contributed by atoms with van der Waals surface area (Å²) in [6.45, 7) is 11.3. The quantitative estimate of drug-likeness (QED) is 0.422. The first-order chi connectivity index (χ1) is 20.1. The number of carbonyl (C=O) groups excluding carboxylic acids is 2. The summed E-state index contributed by atoms with van der Waals surface area (Å²) in [7, 11) is 0. The minimum atomic E-state index is -1.27. The van der Waals surface area contributed by atoms with Crippen LogP contribution in [0.5, 0.6) is 0 Å². The van der Waals surface area contributed by atoms with E-state index in [-0.39, 0.29) is 31.9 Å². The van der Waals surface area contributed by atoms with E-state index in [9.17, 15) is 14.7 Å². The van der Waals surface area contributed by atoms with Gasteiger partial charge in [-0.15, -0.1) is 0 Å². The first kappa shape index (κ1) is 34.8. The number of ether oxygens (including phenoxy) is 4. The van der Waals surface area contributed by atoms with Gasteiger partial charge in [0.05, 0.1) is 12.1 Å². The van der Waals surface area contributed by atoms with E-state index in [1.807, 2.05) is 90.1 Å². The van der Waals surface area contributed by atoms with E-state index in [4.69, 9.17) is 22.7 Å². The minimum absolute atomic E-state index is 0.0492. The van der Waals surface area contributed by atoms with Gasteiger partial charge in [-0.25, -0.2) is 9.59 Å². The number of rotatable bonds is 6. The third kappa shape index (κ3) is 11.4. The lowest BCUT2D eigenvalue weighted by atomic mass is 10.1. The second-order valence-electron chi connectivity index (χ2n) is 12.9. The molecule has 0 spiro atoms. The van der Waals surface area contributed by atoms with Gasteiger partial charge in [-0.2, -0.15) is 0 Å². The van der Waals surface area contributed by atoms with Crippen LogP contribution in [0.4, 0.5) is 9.59 Å². The number of carbonyl (C=O) groups is 2. The number of hydrogen-bond acceptors (Lipinski definition) is 8.